The fraction of sp³-hybridized carbons (Fsp3) is 0.300. The monoisotopic (exact) mass is 498 g/mol. The first kappa shape index (κ1) is 23.8. The number of anilines is 2. The molecule has 180 valence electrons. The third-order valence-corrected chi connectivity index (χ3v) is 6.01. The number of amides is 1. The van der Waals surface area contributed by atoms with Gasteiger partial charge in [-0.1, -0.05) is 0 Å². The van der Waals surface area contributed by atoms with Gasteiger partial charge in [-0.15, -0.1) is 0 Å². The summed E-state index contributed by atoms with van der Waals surface area (Å²) >= 11 is 0. The summed E-state index contributed by atoms with van der Waals surface area (Å²) in [7, 11) is -4.15. The van der Waals surface area contributed by atoms with E-state index < -0.39 is 44.9 Å². The quantitative estimate of drug-likeness (QED) is 0.529. The maximum Gasteiger partial charge on any atom is 0.278 e. The zero-order chi connectivity index (χ0) is 24.7. The molecule has 1 fully saturated rings. The molecule has 3 N–H and O–H groups in total. The van der Waals surface area contributed by atoms with Crippen molar-refractivity contribution in [3.63, 3.8) is 0 Å². The number of benzene rings is 1. The van der Waals surface area contributed by atoms with E-state index in [4.69, 9.17) is 5.14 Å². The zero-order valence-electron chi connectivity index (χ0n) is 17.4. The molecule has 3 heterocycles. The molecule has 1 saturated heterocycles. The van der Waals surface area contributed by atoms with Gasteiger partial charge in [0.05, 0.1) is 11.0 Å². The molecule has 0 radical (unpaired) electrons. The van der Waals surface area contributed by atoms with E-state index in [9.17, 15) is 30.8 Å². The first-order valence-electron chi connectivity index (χ1n) is 10.0. The summed E-state index contributed by atoms with van der Waals surface area (Å²) in [5.74, 6) is -6.24. The molecule has 1 aromatic carbocycles. The van der Waals surface area contributed by atoms with Gasteiger partial charge in [0.2, 0.25) is 5.92 Å². The van der Waals surface area contributed by atoms with Crippen LogP contribution in [0.4, 0.5) is 29.1 Å². The number of aromatic nitrogens is 3. The summed E-state index contributed by atoms with van der Waals surface area (Å²) in [4.78, 5) is 26.5. The maximum absolute atomic E-state index is 13.9. The number of alkyl halides is 2. The molecule has 2 aromatic heterocycles. The Morgan fingerprint density at radius 1 is 1.06 bits per heavy atom. The fourth-order valence-electron chi connectivity index (χ4n) is 3.52. The molecule has 0 bridgehead atoms. The fourth-order valence-corrected chi connectivity index (χ4v) is 4.02. The van der Waals surface area contributed by atoms with Crippen LogP contribution in [-0.2, 0) is 10.0 Å². The number of carbonyl (C=O) groups is 1. The highest BCUT2D eigenvalue weighted by atomic mass is 32.2. The normalized spacial score (nSPS) is 16.3. The molecular weight excluding hydrogens is 480 g/mol. The van der Waals surface area contributed by atoms with Gasteiger partial charge < -0.3 is 10.2 Å². The van der Waals surface area contributed by atoms with Gasteiger partial charge in [0.1, 0.15) is 0 Å². The van der Waals surface area contributed by atoms with Crippen LogP contribution < -0.4 is 15.4 Å². The topological polar surface area (TPSA) is 131 Å². The molecular formula is C20H18F4N6O3S. The van der Waals surface area contributed by atoms with Crippen molar-refractivity contribution < 1.29 is 30.8 Å². The van der Waals surface area contributed by atoms with E-state index in [2.05, 4.69) is 20.3 Å². The molecule has 1 amide bonds. The Bertz CT molecular complexity index is 1390. The molecule has 4 rings (SSSR count). The van der Waals surface area contributed by atoms with E-state index in [1.165, 1.54) is 11.0 Å². The highest BCUT2D eigenvalue weighted by molar-refractivity contribution is 7.89. The largest absolute Gasteiger partial charge is 0.354 e. The molecule has 0 unspecified atom stereocenters. The number of fused-ring (bicyclic) bond motifs is 1. The lowest BCUT2D eigenvalue weighted by Gasteiger charge is -2.24. The number of primary sulfonamides is 1. The van der Waals surface area contributed by atoms with Gasteiger partial charge >= 0.3 is 0 Å². The van der Waals surface area contributed by atoms with Crippen molar-refractivity contribution in [1.29, 1.82) is 0 Å². The highest BCUT2D eigenvalue weighted by Crippen LogP contribution is 2.31. The lowest BCUT2D eigenvalue weighted by molar-refractivity contribution is -0.0102. The molecule has 0 saturated carbocycles. The second kappa shape index (κ2) is 8.76. The SMILES string of the molecule is NS(=O)(=O)c1cc(NC(=O)c2nc3cc(F)c(F)cc3nc2N2CCCC(F)(F)CC2)ccn1. The standard InChI is InChI=1S/C20H18F4N6O3S/c21-12-9-14-15(10-13(12)22)29-18(30-6-1-3-20(23,24)4-7-30)17(28-14)19(31)27-11-2-5-26-16(8-11)34(25,32)33/h2,5,8-10H,1,3-4,6-7H2,(H2,25,32,33)(H,26,27,31). The number of nitrogens with two attached hydrogens (primary N) is 1. The Morgan fingerprint density at radius 2 is 1.74 bits per heavy atom. The molecule has 3 aromatic rings. The number of sulfonamides is 1. The van der Waals surface area contributed by atoms with Crippen LogP contribution in [0.1, 0.15) is 29.8 Å². The highest BCUT2D eigenvalue weighted by Gasteiger charge is 2.33. The first-order valence-corrected chi connectivity index (χ1v) is 11.6. The number of halogens is 4. The minimum atomic E-state index is -4.15. The lowest BCUT2D eigenvalue weighted by atomic mass is 10.1. The van der Waals surface area contributed by atoms with Crippen molar-refractivity contribution >= 4 is 38.5 Å². The smallest absolute Gasteiger partial charge is 0.278 e. The number of hydrogen-bond acceptors (Lipinski definition) is 7. The van der Waals surface area contributed by atoms with E-state index in [1.807, 2.05) is 0 Å². The van der Waals surface area contributed by atoms with Gasteiger partial charge in [-0.2, -0.15) is 0 Å². The third kappa shape index (κ3) is 5.07. The van der Waals surface area contributed by atoms with Gasteiger partial charge in [0.25, 0.3) is 15.9 Å². The average Bonchev–Trinajstić information content (AvgIpc) is 2.94. The molecule has 9 nitrogen and oxygen atoms in total. The lowest BCUT2D eigenvalue weighted by Crippen LogP contribution is -2.30. The van der Waals surface area contributed by atoms with E-state index in [0.717, 1.165) is 24.4 Å². The summed E-state index contributed by atoms with van der Waals surface area (Å²) in [5.41, 5.74) is -0.531. The Balaban J connectivity index is 1.77. The summed E-state index contributed by atoms with van der Waals surface area (Å²) in [6.07, 6.45) is 0.373. The Kier molecular flexibility index (Phi) is 6.12. The number of nitrogens with one attached hydrogen (secondary N) is 1. The number of nitrogens with zero attached hydrogens (tertiary/aromatic N) is 4. The summed E-state index contributed by atoms with van der Waals surface area (Å²) < 4.78 is 78.4. The second-order valence-electron chi connectivity index (χ2n) is 7.73. The Labute approximate surface area is 191 Å². The van der Waals surface area contributed by atoms with Crippen molar-refractivity contribution in [2.24, 2.45) is 5.14 Å². The van der Waals surface area contributed by atoms with Gasteiger partial charge in [0, 0.05) is 56.0 Å². The van der Waals surface area contributed by atoms with Crippen LogP contribution in [0.15, 0.2) is 35.5 Å². The summed E-state index contributed by atoms with van der Waals surface area (Å²) in [5, 5.41) is 6.99. The van der Waals surface area contributed by atoms with Gasteiger partial charge in [0.15, 0.2) is 28.2 Å². The predicted octanol–water partition coefficient (Wildman–Crippen LogP) is 2.83. The van der Waals surface area contributed by atoms with Gasteiger partial charge in [-0.05, 0) is 12.5 Å². The number of rotatable bonds is 4. The van der Waals surface area contributed by atoms with Crippen LogP contribution in [0.25, 0.3) is 11.0 Å². The summed E-state index contributed by atoms with van der Waals surface area (Å²) in [6, 6.07) is 3.88. The van der Waals surface area contributed by atoms with Crippen LogP contribution in [0.5, 0.6) is 0 Å². The zero-order valence-corrected chi connectivity index (χ0v) is 18.2. The van der Waals surface area contributed by atoms with Crippen LogP contribution in [0.2, 0.25) is 0 Å². The number of pyridine rings is 1. The first-order chi connectivity index (χ1) is 15.9. The van der Waals surface area contributed by atoms with Crippen molar-refractivity contribution in [3.05, 3.63) is 47.8 Å². The minimum Gasteiger partial charge on any atom is -0.354 e. The Hall–Kier alpha value is -3.39. The molecule has 14 heteroatoms. The van der Waals surface area contributed by atoms with Crippen LogP contribution >= 0.6 is 0 Å². The van der Waals surface area contributed by atoms with Crippen molar-refractivity contribution in [2.75, 3.05) is 23.3 Å². The van der Waals surface area contributed by atoms with Gasteiger partial charge in [-0.3, -0.25) is 4.79 Å². The molecule has 0 aliphatic carbocycles. The van der Waals surface area contributed by atoms with Crippen molar-refractivity contribution in [1.82, 2.24) is 15.0 Å². The van der Waals surface area contributed by atoms with Crippen molar-refractivity contribution in [3.8, 4) is 0 Å². The van der Waals surface area contributed by atoms with E-state index in [-0.39, 0.29) is 54.2 Å². The Morgan fingerprint density at radius 3 is 2.41 bits per heavy atom. The molecule has 0 atom stereocenters. The van der Waals surface area contributed by atoms with Crippen LogP contribution in [0.3, 0.4) is 0 Å². The predicted molar refractivity (Wildman–Crippen MR) is 114 cm³/mol. The van der Waals surface area contributed by atoms with E-state index in [1.54, 1.807) is 0 Å². The second-order valence-corrected chi connectivity index (χ2v) is 9.24. The molecule has 1 aliphatic rings. The van der Waals surface area contributed by atoms with Crippen molar-refractivity contribution in [2.45, 2.75) is 30.2 Å². The average molecular weight is 498 g/mol. The third-order valence-electron chi connectivity index (χ3n) is 5.20. The maximum atomic E-state index is 13.9. The van der Waals surface area contributed by atoms with E-state index >= 15 is 0 Å². The summed E-state index contributed by atoms with van der Waals surface area (Å²) in [6.45, 7) is -0.0213. The molecule has 34 heavy (non-hydrogen) atoms. The van der Waals surface area contributed by atoms with Crippen LogP contribution in [0, 0.1) is 11.6 Å². The van der Waals surface area contributed by atoms with Gasteiger partial charge in [-0.25, -0.2) is 46.1 Å². The minimum absolute atomic E-state index is 0.00422. The number of carbonyl (C=O) groups excluding carboxylic acids is 1. The number of hydrogen-bond donors (Lipinski definition) is 2. The molecule has 1 aliphatic heterocycles. The molecule has 0 spiro atoms. The van der Waals surface area contributed by atoms with E-state index in [0.29, 0.717) is 0 Å². The van der Waals surface area contributed by atoms with Crippen LogP contribution in [-0.4, -0.2) is 48.3 Å².